The molecule has 0 bridgehead atoms. The molecule has 0 spiro atoms. The minimum absolute atomic E-state index is 0.0545. The first kappa shape index (κ1) is 18.3. The maximum Gasteiger partial charge on any atom is 0.262 e. The number of rotatable bonds is 6. The van der Waals surface area contributed by atoms with Crippen LogP contribution in [0, 0.1) is 0 Å². The van der Waals surface area contributed by atoms with Crippen LogP contribution in [0.15, 0.2) is 53.4 Å². The van der Waals surface area contributed by atoms with Gasteiger partial charge >= 0.3 is 0 Å². The van der Waals surface area contributed by atoms with Crippen LogP contribution in [0.4, 0.5) is 5.69 Å². The van der Waals surface area contributed by atoms with Crippen molar-refractivity contribution in [3.8, 4) is 5.75 Å². The van der Waals surface area contributed by atoms with E-state index in [2.05, 4.69) is 4.72 Å². The zero-order valence-corrected chi connectivity index (χ0v) is 15.5. The summed E-state index contributed by atoms with van der Waals surface area (Å²) in [4.78, 5) is 14.3. The summed E-state index contributed by atoms with van der Waals surface area (Å²) in [5, 5.41) is 0. The van der Waals surface area contributed by atoms with Crippen LogP contribution >= 0.6 is 0 Å². The van der Waals surface area contributed by atoms with Gasteiger partial charge in [0.15, 0.2) is 0 Å². The molecular formula is C19H22N2O4S. The number of carbonyl (C=O) groups is 1. The molecule has 0 unspecified atom stereocenters. The van der Waals surface area contributed by atoms with Gasteiger partial charge in [-0.05, 0) is 56.2 Å². The quantitative estimate of drug-likeness (QED) is 0.843. The van der Waals surface area contributed by atoms with Crippen LogP contribution in [-0.4, -0.2) is 38.9 Å². The van der Waals surface area contributed by atoms with E-state index in [0.29, 0.717) is 23.6 Å². The fourth-order valence-electron chi connectivity index (χ4n) is 2.92. The Balaban J connectivity index is 1.78. The number of nitrogens with zero attached hydrogens (tertiary/aromatic N) is 1. The first-order valence-corrected chi connectivity index (χ1v) is 10.1. The third-order valence-corrected chi connectivity index (χ3v) is 5.62. The van der Waals surface area contributed by atoms with Crippen molar-refractivity contribution in [1.82, 2.24) is 4.90 Å². The standard InChI is InChI=1S/C19H22N2O4S/c1-2-25-18-8-4-3-7-17(18)20-26(23,24)16-11-9-15(10-12-16)19(22)21-13-5-6-14-21/h3-4,7-12,20H,2,5-6,13-14H2,1H3. The van der Waals surface area contributed by atoms with Gasteiger partial charge in [-0.1, -0.05) is 12.1 Å². The minimum atomic E-state index is -3.77. The Bertz CT molecular complexity index is 873. The van der Waals surface area contributed by atoms with Gasteiger partial charge in [0.05, 0.1) is 17.2 Å². The molecule has 1 aliphatic heterocycles. The molecule has 0 aromatic heterocycles. The summed E-state index contributed by atoms with van der Waals surface area (Å²) in [6.45, 7) is 3.79. The van der Waals surface area contributed by atoms with E-state index in [0.717, 1.165) is 25.9 Å². The number of ether oxygens (including phenoxy) is 1. The first-order valence-electron chi connectivity index (χ1n) is 8.65. The number of nitrogens with one attached hydrogen (secondary N) is 1. The number of hydrogen-bond donors (Lipinski definition) is 1. The van der Waals surface area contributed by atoms with E-state index in [1.54, 1.807) is 41.3 Å². The molecule has 0 atom stereocenters. The van der Waals surface area contributed by atoms with Crippen molar-refractivity contribution in [2.24, 2.45) is 0 Å². The van der Waals surface area contributed by atoms with Gasteiger partial charge in [0.2, 0.25) is 0 Å². The molecule has 26 heavy (non-hydrogen) atoms. The lowest BCUT2D eigenvalue weighted by atomic mass is 10.2. The summed E-state index contributed by atoms with van der Waals surface area (Å²) in [6, 6.07) is 12.9. The topological polar surface area (TPSA) is 75.7 Å². The second-order valence-electron chi connectivity index (χ2n) is 6.06. The molecule has 1 fully saturated rings. The van der Waals surface area contributed by atoms with Crippen LogP contribution in [0.25, 0.3) is 0 Å². The van der Waals surface area contributed by atoms with Crippen LogP contribution in [0.1, 0.15) is 30.1 Å². The van der Waals surface area contributed by atoms with Crippen molar-refractivity contribution >= 4 is 21.6 Å². The van der Waals surface area contributed by atoms with Crippen LogP contribution in [0.3, 0.4) is 0 Å². The maximum atomic E-state index is 12.6. The summed E-state index contributed by atoms with van der Waals surface area (Å²) in [5.74, 6) is 0.417. The highest BCUT2D eigenvalue weighted by Gasteiger charge is 2.21. The maximum absolute atomic E-state index is 12.6. The zero-order valence-electron chi connectivity index (χ0n) is 14.6. The van der Waals surface area contributed by atoms with Gasteiger partial charge in [0.25, 0.3) is 15.9 Å². The number of anilines is 1. The lowest BCUT2D eigenvalue weighted by Crippen LogP contribution is -2.27. The number of likely N-dealkylation sites (tertiary alicyclic amines) is 1. The highest BCUT2D eigenvalue weighted by molar-refractivity contribution is 7.92. The highest BCUT2D eigenvalue weighted by Crippen LogP contribution is 2.26. The third-order valence-electron chi connectivity index (χ3n) is 4.24. The molecule has 1 amide bonds. The van der Waals surface area contributed by atoms with Crippen molar-refractivity contribution < 1.29 is 17.9 Å². The van der Waals surface area contributed by atoms with Crippen molar-refractivity contribution in [3.05, 3.63) is 54.1 Å². The van der Waals surface area contributed by atoms with E-state index >= 15 is 0 Å². The predicted molar refractivity (Wildman–Crippen MR) is 100.0 cm³/mol. The van der Waals surface area contributed by atoms with Gasteiger partial charge in [-0.3, -0.25) is 9.52 Å². The third kappa shape index (κ3) is 3.99. The van der Waals surface area contributed by atoms with E-state index in [1.807, 2.05) is 6.92 Å². The van der Waals surface area contributed by atoms with E-state index in [9.17, 15) is 13.2 Å². The highest BCUT2D eigenvalue weighted by atomic mass is 32.2. The van der Waals surface area contributed by atoms with Crippen LogP contribution in [0.5, 0.6) is 5.75 Å². The molecule has 6 nitrogen and oxygen atoms in total. The zero-order chi connectivity index (χ0) is 18.6. The summed E-state index contributed by atoms with van der Waals surface area (Å²) in [5.41, 5.74) is 0.882. The first-order chi connectivity index (χ1) is 12.5. The monoisotopic (exact) mass is 374 g/mol. The summed E-state index contributed by atoms with van der Waals surface area (Å²) in [7, 11) is -3.77. The predicted octanol–water partition coefficient (Wildman–Crippen LogP) is 3.12. The molecule has 2 aromatic carbocycles. The summed E-state index contributed by atoms with van der Waals surface area (Å²) < 4.78 is 33.3. The molecule has 1 N–H and O–H groups in total. The molecule has 1 saturated heterocycles. The van der Waals surface area contributed by atoms with E-state index < -0.39 is 10.0 Å². The Kier molecular flexibility index (Phi) is 5.46. The molecule has 0 aliphatic carbocycles. The SMILES string of the molecule is CCOc1ccccc1NS(=O)(=O)c1ccc(C(=O)N2CCCC2)cc1. The molecule has 0 radical (unpaired) electrons. The Morgan fingerprint density at radius 2 is 1.73 bits per heavy atom. The van der Waals surface area contributed by atoms with Gasteiger partial charge in [-0.2, -0.15) is 0 Å². The number of sulfonamides is 1. The second-order valence-corrected chi connectivity index (χ2v) is 7.74. The van der Waals surface area contributed by atoms with Gasteiger partial charge in [-0.15, -0.1) is 0 Å². The minimum Gasteiger partial charge on any atom is -0.492 e. The molecule has 0 saturated carbocycles. The number of carbonyl (C=O) groups excluding carboxylic acids is 1. The molecular weight excluding hydrogens is 352 g/mol. The normalized spacial score (nSPS) is 14.3. The van der Waals surface area contributed by atoms with Crippen LogP contribution < -0.4 is 9.46 Å². The van der Waals surface area contributed by atoms with E-state index in [-0.39, 0.29) is 10.8 Å². The number of para-hydroxylation sites is 2. The van der Waals surface area contributed by atoms with Gasteiger partial charge < -0.3 is 9.64 Å². The van der Waals surface area contributed by atoms with Crippen molar-refractivity contribution in [2.75, 3.05) is 24.4 Å². The molecule has 2 aromatic rings. The molecule has 1 aliphatic rings. The van der Waals surface area contributed by atoms with Gasteiger partial charge in [0.1, 0.15) is 5.75 Å². The molecule has 1 heterocycles. The Morgan fingerprint density at radius 1 is 1.08 bits per heavy atom. The molecule has 3 rings (SSSR count). The van der Waals surface area contributed by atoms with Crippen LogP contribution in [-0.2, 0) is 10.0 Å². The number of amides is 1. The lowest BCUT2D eigenvalue weighted by molar-refractivity contribution is 0.0792. The second kappa shape index (κ2) is 7.78. The van der Waals surface area contributed by atoms with Crippen molar-refractivity contribution in [1.29, 1.82) is 0 Å². The summed E-state index contributed by atoms with van der Waals surface area (Å²) in [6.07, 6.45) is 2.03. The number of benzene rings is 2. The Hall–Kier alpha value is -2.54. The largest absolute Gasteiger partial charge is 0.492 e. The fourth-order valence-corrected chi connectivity index (χ4v) is 3.99. The van der Waals surface area contributed by atoms with E-state index in [1.165, 1.54) is 12.1 Å². The van der Waals surface area contributed by atoms with Crippen molar-refractivity contribution in [2.45, 2.75) is 24.7 Å². The van der Waals surface area contributed by atoms with Crippen LogP contribution in [0.2, 0.25) is 0 Å². The average molecular weight is 374 g/mol. The number of hydrogen-bond acceptors (Lipinski definition) is 4. The lowest BCUT2D eigenvalue weighted by Gasteiger charge is -2.16. The van der Waals surface area contributed by atoms with E-state index in [4.69, 9.17) is 4.74 Å². The van der Waals surface area contributed by atoms with Gasteiger partial charge in [-0.25, -0.2) is 8.42 Å². The molecule has 7 heteroatoms. The summed E-state index contributed by atoms with van der Waals surface area (Å²) >= 11 is 0. The fraction of sp³-hybridized carbons (Fsp3) is 0.316. The molecule has 138 valence electrons. The van der Waals surface area contributed by atoms with Gasteiger partial charge in [0, 0.05) is 18.7 Å². The Morgan fingerprint density at radius 3 is 2.38 bits per heavy atom. The smallest absolute Gasteiger partial charge is 0.262 e. The van der Waals surface area contributed by atoms with Crippen molar-refractivity contribution in [3.63, 3.8) is 0 Å². The Labute approximate surface area is 153 Å². The average Bonchev–Trinajstić information content (AvgIpc) is 3.17.